The van der Waals surface area contributed by atoms with Crippen molar-refractivity contribution in [2.45, 2.75) is 69.7 Å². The highest BCUT2D eigenvalue weighted by Gasteiger charge is 2.41. The average molecular weight is 873 g/mol. The Hall–Kier alpha value is -5.99. The molecule has 0 bridgehead atoms. The molecule has 12 nitrogen and oxygen atoms in total. The van der Waals surface area contributed by atoms with E-state index in [0.29, 0.717) is 44.0 Å². The van der Waals surface area contributed by atoms with E-state index >= 15 is 0 Å². The second kappa shape index (κ2) is 21.1. The van der Waals surface area contributed by atoms with E-state index in [1.165, 1.54) is 6.07 Å². The molecule has 336 valence electrons. The molecule has 4 atom stereocenters. The maximum atomic E-state index is 14.2. The van der Waals surface area contributed by atoms with Crippen LogP contribution in [0.25, 0.3) is 0 Å². The summed E-state index contributed by atoms with van der Waals surface area (Å²) in [6.07, 6.45) is 0.969. The number of hydrogen-bond acceptors (Lipinski definition) is 10. The van der Waals surface area contributed by atoms with Crippen molar-refractivity contribution in [1.29, 1.82) is 0 Å². The molecule has 13 heteroatoms. The molecule has 0 aliphatic carbocycles. The number of piperidine rings is 1. The van der Waals surface area contributed by atoms with Gasteiger partial charge in [-0.15, -0.1) is 0 Å². The lowest BCUT2D eigenvalue weighted by molar-refractivity contribution is -0.138. The first-order valence-corrected chi connectivity index (χ1v) is 22.2. The lowest BCUT2D eigenvalue weighted by atomic mass is 9.82. The molecule has 3 aliphatic heterocycles. The summed E-state index contributed by atoms with van der Waals surface area (Å²) in [5.74, 6) is 0.466. The largest absolute Gasteiger partial charge is 0.490 e. The van der Waals surface area contributed by atoms with Crippen molar-refractivity contribution >= 4 is 23.2 Å². The highest BCUT2D eigenvalue weighted by atomic mass is 19.1. The summed E-state index contributed by atoms with van der Waals surface area (Å²) in [7, 11) is 0. The third-order valence-corrected chi connectivity index (χ3v) is 12.3. The molecule has 5 aromatic carbocycles. The molecule has 0 spiro atoms. The summed E-state index contributed by atoms with van der Waals surface area (Å²) in [5.41, 5.74) is 6.56. The van der Waals surface area contributed by atoms with Crippen LogP contribution in [-0.2, 0) is 47.0 Å². The molecule has 2 saturated heterocycles. The van der Waals surface area contributed by atoms with E-state index in [1.807, 2.05) is 91.0 Å². The highest BCUT2D eigenvalue weighted by Crippen LogP contribution is 2.36. The van der Waals surface area contributed by atoms with Crippen molar-refractivity contribution < 1.29 is 43.5 Å². The highest BCUT2D eigenvalue weighted by molar-refractivity contribution is 5.81. The van der Waals surface area contributed by atoms with Crippen LogP contribution < -0.4 is 24.6 Å². The van der Waals surface area contributed by atoms with E-state index in [2.05, 4.69) is 21.2 Å². The van der Waals surface area contributed by atoms with Crippen LogP contribution in [0.5, 0.6) is 11.5 Å². The second-order valence-corrected chi connectivity index (χ2v) is 16.9. The first-order chi connectivity index (χ1) is 31.2. The van der Waals surface area contributed by atoms with Gasteiger partial charge in [0.05, 0.1) is 63.6 Å². The average Bonchev–Trinajstić information content (AvgIpc) is 3.79. The van der Waals surface area contributed by atoms with Gasteiger partial charge in [-0.05, 0) is 82.3 Å². The van der Waals surface area contributed by atoms with Gasteiger partial charge in [-0.25, -0.2) is 4.39 Å². The smallest absolute Gasteiger partial charge is 0.227 e. The molecule has 2 fully saturated rings. The lowest BCUT2D eigenvalue weighted by Crippen LogP contribution is -2.59. The number of aliphatic hydroxyl groups is 3. The lowest BCUT2D eigenvalue weighted by Gasteiger charge is -2.44. The summed E-state index contributed by atoms with van der Waals surface area (Å²) in [6.45, 7) is 3.88. The van der Waals surface area contributed by atoms with Gasteiger partial charge in [0.1, 0.15) is 30.0 Å². The third-order valence-electron chi connectivity index (χ3n) is 12.3. The molecule has 0 saturated carbocycles. The van der Waals surface area contributed by atoms with Crippen LogP contribution in [0.3, 0.4) is 0 Å². The Morgan fingerprint density at radius 3 is 2.23 bits per heavy atom. The standard InChI is InChI=1S/C51H57FN4O8/c52-41-9-3-10-42(28-41)55-19-17-44(29-55)64-43-14-12-40(13-15-43)51-45(53-49(60)26-35-5-1-7-37(23-35)32-58)30-56(50(61)27-36-6-2-8-38(24-36)33-59)31-48(51)63-34-39-11-16-47-46(25-39)54(18-4-21-57)20-22-62-47/h1-3,5-16,23-25,28,44-45,48,51,57-59H,4,17-22,26-27,29-34H2,(H,53,60). The van der Waals surface area contributed by atoms with Gasteiger partial charge in [-0.2, -0.15) is 0 Å². The molecular weight excluding hydrogens is 816 g/mol. The summed E-state index contributed by atoms with van der Waals surface area (Å²) in [5, 5.41) is 32.4. The predicted octanol–water partition coefficient (Wildman–Crippen LogP) is 5.53. The van der Waals surface area contributed by atoms with E-state index in [9.17, 15) is 29.3 Å². The van der Waals surface area contributed by atoms with Gasteiger partial charge in [-0.3, -0.25) is 9.59 Å². The van der Waals surface area contributed by atoms with Crippen molar-refractivity contribution in [1.82, 2.24) is 10.2 Å². The van der Waals surface area contributed by atoms with Gasteiger partial charge in [0.15, 0.2) is 0 Å². The summed E-state index contributed by atoms with van der Waals surface area (Å²) in [4.78, 5) is 34.3. The van der Waals surface area contributed by atoms with E-state index < -0.39 is 12.1 Å². The zero-order chi connectivity index (χ0) is 44.4. The number of likely N-dealkylation sites (tertiary alicyclic amines) is 1. The van der Waals surface area contributed by atoms with Gasteiger partial charge in [0, 0.05) is 50.8 Å². The first-order valence-electron chi connectivity index (χ1n) is 22.2. The number of ether oxygens (including phenoxy) is 3. The number of carbonyl (C=O) groups is 2. The van der Waals surface area contributed by atoms with Crippen LogP contribution in [0, 0.1) is 5.82 Å². The van der Waals surface area contributed by atoms with Crippen LogP contribution in [0.4, 0.5) is 15.8 Å². The number of anilines is 2. The van der Waals surface area contributed by atoms with Crippen LogP contribution in [-0.4, -0.2) is 103 Å². The minimum absolute atomic E-state index is 0.0786. The van der Waals surface area contributed by atoms with Gasteiger partial charge in [-0.1, -0.05) is 72.8 Å². The van der Waals surface area contributed by atoms with Gasteiger partial charge < -0.3 is 49.5 Å². The number of benzene rings is 5. The number of halogens is 1. The topological polar surface area (TPSA) is 144 Å². The SMILES string of the molecule is O=C(Cc1cccc(CO)c1)NC1CN(C(=O)Cc2cccc(CO)c2)CC(OCc2ccc3c(c2)N(CCCO)CCO3)C1c1ccc(OC2CCN(c3cccc(F)c3)C2)cc1. The van der Waals surface area contributed by atoms with E-state index in [-0.39, 0.29) is 82.0 Å². The van der Waals surface area contributed by atoms with E-state index in [1.54, 1.807) is 17.0 Å². The quantitative estimate of drug-likeness (QED) is 0.0943. The summed E-state index contributed by atoms with van der Waals surface area (Å²) in [6, 6.07) is 34.6. The normalized spacial score (nSPS) is 19.5. The number of carbonyl (C=O) groups excluding carboxylic acids is 2. The molecule has 3 heterocycles. The first kappa shape index (κ1) is 44.6. The van der Waals surface area contributed by atoms with Crippen LogP contribution in [0.15, 0.2) is 115 Å². The van der Waals surface area contributed by atoms with Crippen molar-refractivity contribution in [3.8, 4) is 11.5 Å². The molecular formula is C51H57FN4O8. The maximum Gasteiger partial charge on any atom is 0.227 e. The minimum atomic E-state index is -0.552. The molecule has 4 N–H and O–H groups in total. The van der Waals surface area contributed by atoms with E-state index in [4.69, 9.17) is 14.2 Å². The number of aliphatic hydroxyl groups excluding tert-OH is 3. The molecule has 0 aromatic heterocycles. The summed E-state index contributed by atoms with van der Waals surface area (Å²) < 4.78 is 33.3. The number of fused-ring (bicyclic) bond motifs is 1. The minimum Gasteiger partial charge on any atom is -0.490 e. The van der Waals surface area contributed by atoms with Crippen molar-refractivity contribution in [3.05, 3.63) is 154 Å². The fourth-order valence-electron chi connectivity index (χ4n) is 9.16. The molecule has 3 aliphatic rings. The molecule has 4 unspecified atom stereocenters. The van der Waals surface area contributed by atoms with Gasteiger partial charge in [0.25, 0.3) is 0 Å². The number of nitrogens with zero attached hydrogens (tertiary/aromatic N) is 3. The zero-order valence-electron chi connectivity index (χ0n) is 36.0. The molecule has 8 rings (SSSR count). The molecule has 2 amide bonds. The van der Waals surface area contributed by atoms with Crippen molar-refractivity contribution in [3.63, 3.8) is 0 Å². The number of rotatable bonds is 17. The second-order valence-electron chi connectivity index (χ2n) is 16.9. The van der Waals surface area contributed by atoms with Gasteiger partial charge in [0.2, 0.25) is 11.8 Å². The fourth-order valence-corrected chi connectivity index (χ4v) is 9.16. The van der Waals surface area contributed by atoms with Crippen LogP contribution >= 0.6 is 0 Å². The Bertz CT molecular complexity index is 2360. The van der Waals surface area contributed by atoms with Crippen molar-refractivity contribution in [2.75, 3.05) is 62.3 Å². The number of hydrogen-bond donors (Lipinski definition) is 4. The zero-order valence-corrected chi connectivity index (χ0v) is 36.0. The molecule has 0 radical (unpaired) electrons. The van der Waals surface area contributed by atoms with Crippen LogP contribution in [0.1, 0.15) is 52.1 Å². The maximum absolute atomic E-state index is 14.2. The van der Waals surface area contributed by atoms with E-state index in [0.717, 1.165) is 57.9 Å². The molecule has 64 heavy (non-hydrogen) atoms. The Balaban J connectivity index is 1.07. The van der Waals surface area contributed by atoms with Crippen molar-refractivity contribution in [2.24, 2.45) is 0 Å². The molecule has 5 aromatic rings. The Kier molecular flexibility index (Phi) is 14.7. The number of amides is 2. The Labute approximate surface area is 373 Å². The Morgan fingerprint density at radius 2 is 1.50 bits per heavy atom. The summed E-state index contributed by atoms with van der Waals surface area (Å²) >= 11 is 0. The Morgan fingerprint density at radius 1 is 0.766 bits per heavy atom. The van der Waals surface area contributed by atoms with Crippen LogP contribution in [0.2, 0.25) is 0 Å². The van der Waals surface area contributed by atoms with Gasteiger partial charge >= 0.3 is 0 Å². The number of nitrogens with one attached hydrogen (secondary N) is 1. The third kappa shape index (κ3) is 11.2. The predicted molar refractivity (Wildman–Crippen MR) is 242 cm³/mol. The fraction of sp³-hybridized carbons (Fsp3) is 0.373. The monoisotopic (exact) mass is 872 g/mol.